The van der Waals surface area contributed by atoms with Crippen LogP contribution in [0.3, 0.4) is 0 Å². The first-order valence-corrected chi connectivity index (χ1v) is 24.8. The third-order valence-corrected chi connectivity index (χ3v) is 13.3. The molecule has 0 saturated heterocycles. The molecule has 11 nitrogen and oxygen atoms in total. The molecule has 2 aliphatic rings. The zero-order valence-corrected chi connectivity index (χ0v) is 40.5. The van der Waals surface area contributed by atoms with Gasteiger partial charge in [0.2, 0.25) is 17.7 Å². The first kappa shape index (κ1) is 50.9. The van der Waals surface area contributed by atoms with Crippen LogP contribution in [-0.4, -0.2) is 65.1 Å². The van der Waals surface area contributed by atoms with E-state index in [-0.39, 0.29) is 57.3 Å². The summed E-state index contributed by atoms with van der Waals surface area (Å²) in [6.07, 6.45) is 0.380. The van der Waals surface area contributed by atoms with Gasteiger partial charge >= 0.3 is 5.97 Å². The predicted molar refractivity (Wildman–Crippen MR) is 281 cm³/mol. The predicted octanol–water partition coefficient (Wildman–Crippen LogP) is 9.01. The fourth-order valence-corrected chi connectivity index (χ4v) is 9.23. The van der Waals surface area contributed by atoms with Crippen LogP contribution in [0.1, 0.15) is 47.1 Å². The second kappa shape index (κ2) is 25.1. The van der Waals surface area contributed by atoms with Crippen molar-refractivity contribution in [2.45, 2.75) is 69.5 Å². The highest BCUT2D eigenvalue weighted by Gasteiger charge is 2.34. The van der Waals surface area contributed by atoms with Gasteiger partial charge in [-0.15, -0.1) is 0 Å². The summed E-state index contributed by atoms with van der Waals surface area (Å²) in [6.45, 7) is -0.325. The molecule has 370 valence electrons. The second-order valence-corrected chi connectivity index (χ2v) is 18.7. The van der Waals surface area contributed by atoms with E-state index in [0.29, 0.717) is 23.3 Å². The molecule has 4 N–H and O–H groups in total. The van der Waals surface area contributed by atoms with E-state index in [0.717, 1.165) is 38.9 Å². The van der Waals surface area contributed by atoms with E-state index in [1.807, 2.05) is 146 Å². The zero-order chi connectivity index (χ0) is 50.9. The van der Waals surface area contributed by atoms with Crippen molar-refractivity contribution in [3.8, 4) is 28.0 Å². The van der Waals surface area contributed by atoms with Crippen LogP contribution in [0.15, 0.2) is 194 Å². The molecule has 0 spiro atoms. The summed E-state index contributed by atoms with van der Waals surface area (Å²) >= 11 is 0. The number of hydrogen-bond acceptors (Lipinski definition) is 7. The van der Waals surface area contributed by atoms with Crippen molar-refractivity contribution in [1.82, 2.24) is 16.0 Å². The summed E-state index contributed by atoms with van der Waals surface area (Å²) in [5.41, 5.74) is 7.87. The number of ketones is 2. The second-order valence-electron chi connectivity index (χ2n) is 18.7. The lowest BCUT2D eigenvalue weighted by molar-refractivity contribution is -0.142. The normalized spacial score (nSPS) is 18.2. The van der Waals surface area contributed by atoms with Crippen molar-refractivity contribution in [2.24, 2.45) is 11.8 Å². The molecule has 73 heavy (non-hydrogen) atoms. The summed E-state index contributed by atoms with van der Waals surface area (Å²) in [5.74, 6) is -5.31. The molecule has 9 rings (SSSR count). The Morgan fingerprint density at radius 1 is 0.534 bits per heavy atom. The van der Waals surface area contributed by atoms with Gasteiger partial charge in [0.1, 0.15) is 24.4 Å². The summed E-state index contributed by atoms with van der Waals surface area (Å²) < 4.78 is 5.95. The van der Waals surface area contributed by atoms with E-state index in [2.05, 4.69) is 16.0 Å². The van der Waals surface area contributed by atoms with Crippen LogP contribution >= 0.6 is 0 Å². The van der Waals surface area contributed by atoms with Gasteiger partial charge in [0.25, 0.3) is 0 Å². The maximum atomic E-state index is 14.9. The smallest absolute Gasteiger partial charge is 0.326 e. The Morgan fingerprint density at radius 3 is 1.60 bits per heavy atom. The van der Waals surface area contributed by atoms with Gasteiger partial charge in [0.15, 0.2) is 11.6 Å². The van der Waals surface area contributed by atoms with Gasteiger partial charge in [-0.3, -0.25) is 24.0 Å². The number of aryl methyl sites for hydroxylation is 1. The number of carbonyl (C=O) groups excluding carboxylic acids is 5. The van der Waals surface area contributed by atoms with Gasteiger partial charge in [-0.05, 0) is 87.9 Å². The van der Waals surface area contributed by atoms with Gasteiger partial charge in [-0.25, -0.2) is 4.79 Å². The number of carbonyl (C=O) groups is 6. The number of hydrogen-bond donors (Lipinski definition) is 4. The molecule has 0 aromatic heterocycles. The van der Waals surface area contributed by atoms with Crippen molar-refractivity contribution >= 4 is 35.3 Å². The molecule has 2 heterocycles. The number of carboxylic acid groups (broad SMARTS) is 1. The molecular weight excluding hydrogens is 915 g/mol. The molecule has 0 radical (unpaired) electrons. The van der Waals surface area contributed by atoms with E-state index in [9.17, 15) is 33.9 Å². The molecule has 2 bridgehead atoms. The highest BCUT2D eigenvalue weighted by atomic mass is 16.5. The number of ether oxygens (including phenoxy) is 1. The van der Waals surface area contributed by atoms with Crippen molar-refractivity contribution in [1.29, 1.82) is 0 Å². The average Bonchev–Trinajstić information content (AvgIpc) is 3.42. The van der Waals surface area contributed by atoms with Crippen LogP contribution in [0.2, 0.25) is 0 Å². The Labute approximate surface area is 426 Å². The monoisotopic (exact) mass is 973 g/mol. The average molecular weight is 974 g/mol. The minimum atomic E-state index is -1.28. The molecule has 0 saturated carbocycles. The highest BCUT2D eigenvalue weighted by Crippen LogP contribution is 2.25. The highest BCUT2D eigenvalue weighted by molar-refractivity contribution is 5.96. The largest absolute Gasteiger partial charge is 0.486 e. The third kappa shape index (κ3) is 14.8. The van der Waals surface area contributed by atoms with E-state index >= 15 is 0 Å². The van der Waals surface area contributed by atoms with Crippen molar-refractivity contribution in [2.75, 3.05) is 6.61 Å². The number of amides is 3. The minimum absolute atomic E-state index is 0.0204. The van der Waals surface area contributed by atoms with Gasteiger partial charge in [0.05, 0.1) is 6.04 Å². The number of nitrogens with one attached hydrogen (secondary N) is 3. The van der Waals surface area contributed by atoms with Crippen LogP contribution < -0.4 is 20.7 Å². The fourth-order valence-electron chi connectivity index (χ4n) is 9.23. The van der Waals surface area contributed by atoms with Gasteiger partial charge in [-0.2, -0.15) is 0 Å². The lowest BCUT2D eigenvalue weighted by atomic mass is 9.89. The number of fused-ring (bicyclic) bond motifs is 16. The number of aliphatic carboxylic acids is 1. The SMILES string of the molecule is O=C1COc2ccc(cc2)C[C@@H](C(=O)N[C@@H](Cc2ccccc2)C(=O)O)CC(=O)[C@H](CCc2ccccc2)NC(=O)[C@@H](Cc2ccc(-c3ccccc3)cc2)NC(=O)[C@H](Cc2ccc(-c3ccccc3)cc2)C1. The summed E-state index contributed by atoms with van der Waals surface area (Å²) in [5, 5.41) is 19.0. The molecule has 3 amide bonds. The number of benzene rings is 7. The Morgan fingerprint density at radius 2 is 1.04 bits per heavy atom. The Balaban J connectivity index is 1.12. The minimum Gasteiger partial charge on any atom is -0.486 e. The van der Waals surface area contributed by atoms with Crippen LogP contribution in [-0.2, 0) is 60.9 Å². The quantitative estimate of drug-likeness (QED) is 0.0838. The molecule has 7 aromatic rings. The summed E-state index contributed by atoms with van der Waals surface area (Å²) in [7, 11) is 0. The van der Waals surface area contributed by atoms with Crippen molar-refractivity contribution in [3.63, 3.8) is 0 Å². The molecule has 5 atom stereocenters. The lowest BCUT2D eigenvalue weighted by Crippen LogP contribution is -2.54. The van der Waals surface area contributed by atoms with Crippen LogP contribution in [0.4, 0.5) is 0 Å². The summed E-state index contributed by atoms with van der Waals surface area (Å²) in [4.78, 5) is 85.3. The van der Waals surface area contributed by atoms with Gasteiger partial charge in [0, 0.05) is 37.5 Å². The first-order chi connectivity index (χ1) is 35.5. The molecule has 0 aliphatic carbocycles. The van der Waals surface area contributed by atoms with Gasteiger partial charge < -0.3 is 25.8 Å². The van der Waals surface area contributed by atoms with Crippen molar-refractivity contribution in [3.05, 3.63) is 222 Å². The number of rotatable bonds is 14. The molecule has 2 aliphatic heterocycles. The molecule has 11 heteroatoms. The van der Waals surface area contributed by atoms with Crippen LogP contribution in [0.25, 0.3) is 22.3 Å². The first-order valence-electron chi connectivity index (χ1n) is 24.8. The lowest BCUT2D eigenvalue weighted by Gasteiger charge is -2.26. The van der Waals surface area contributed by atoms with Crippen LogP contribution in [0, 0.1) is 11.8 Å². The number of carboxylic acids is 1. The van der Waals surface area contributed by atoms with Gasteiger partial charge in [-0.1, -0.05) is 182 Å². The molecule has 0 fully saturated rings. The maximum Gasteiger partial charge on any atom is 0.326 e. The number of Topliss-reactive ketones (excluding diaryl/α,β-unsaturated/α-hetero) is 2. The van der Waals surface area contributed by atoms with Crippen molar-refractivity contribution < 1.29 is 38.6 Å². The Bertz CT molecular complexity index is 2950. The fraction of sp³-hybridized carbons (Fsp3) is 0.226. The molecular formula is C62H59N3O8. The van der Waals surface area contributed by atoms with E-state index in [1.54, 1.807) is 48.5 Å². The Kier molecular flexibility index (Phi) is 17.5. The molecule has 7 aromatic carbocycles. The van der Waals surface area contributed by atoms with E-state index < -0.39 is 59.4 Å². The van der Waals surface area contributed by atoms with E-state index in [4.69, 9.17) is 4.74 Å². The standard InChI is InChI=1S/C62H59N3O8/c66-53-39-51(35-44-21-28-49(29-22-44)47-17-9-3-10-18-47)59(68)64-56(37-46-23-30-50(31-24-46)48-19-11-4-12-20-48)61(70)63-55(34-27-42-13-5-1-6-14-42)58(67)40-52(36-45-25-32-54(33-26-45)73-41-53)60(69)65-57(62(71)72)38-43-15-7-2-8-16-43/h1-26,28-33,51-52,55-57H,27,34-41H2,(H,63,70)(H,64,68)(H,65,69)(H,71,72)/t51-,52-,55+,56-,57+/m1/s1. The Hall–Kier alpha value is -8.44. The van der Waals surface area contributed by atoms with E-state index in [1.165, 1.54) is 0 Å². The topological polar surface area (TPSA) is 168 Å². The third-order valence-electron chi connectivity index (χ3n) is 13.3. The summed E-state index contributed by atoms with van der Waals surface area (Å²) in [6, 6.07) is 57.0. The maximum absolute atomic E-state index is 14.9. The zero-order valence-electron chi connectivity index (χ0n) is 40.5. The molecule has 0 unspecified atom stereocenters. The van der Waals surface area contributed by atoms with Crippen LogP contribution in [0.5, 0.6) is 5.75 Å².